The number of fused-ring (bicyclic) bond motifs is 1. The highest BCUT2D eigenvalue weighted by atomic mass is 28.4. The Bertz CT molecular complexity index is 774. The highest BCUT2D eigenvalue weighted by molar-refractivity contribution is 6.74. The fourth-order valence-corrected chi connectivity index (χ4v) is 4.22. The Morgan fingerprint density at radius 2 is 2.00 bits per heavy atom. The molecule has 1 aliphatic rings. The van der Waals surface area contributed by atoms with E-state index in [1.807, 2.05) is 0 Å². The van der Waals surface area contributed by atoms with E-state index in [0.717, 1.165) is 36.3 Å². The first kappa shape index (κ1) is 22.5. The van der Waals surface area contributed by atoms with Crippen LogP contribution >= 0.6 is 0 Å². The monoisotopic (exact) mass is 404 g/mol. The van der Waals surface area contributed by atoms with Crippen molar-refractivity contribution < 1.29 is 19.1 Å². The van der Waals surface area contributed by atoms with Gasteiger partial charge in [0.05, 0.1) is 0 Å². The van der Waals surface area contributed by atoms with Crippen LogP contribution in [0.3, 0.4) is 0 Å². The predicted molar refractivity (Wildman–Crippen MR) is 117 cm³/mol. The van der Waals surface area contributed by atoms with E-state index in [1.54, 1.807) is 13.0 Å². The number of hydrogen-bond acceptors (Lipinski definition) is 3. The minimum absolute atomic E-state index is 0.160. The van der Waals surface area contributed by atoms with Crippen LogP contribution in [0.4, 0.5) is 0 Å². The second kappa shape index (κ2) is 7.94. The molecule has 1 unspecified atom stereocenters. The number of ether oxygens (including phenoxy) is 1. The van der Waals surface area contributed by atoms with Crippen LogP contribution in [0.15, 0.2) is 23.8 Å². The van der Waals surface area contributed by atoms with E-state index < -0.39 is 14.3 Å². The summed E-state index contributed by atoms with van der Waals surface area (Å²) in [5, 5.41) is 9.16. The molecule has 0 aliphatic carbocycles. The van der Waals surface area contributed by atoms with Gasteiger partial charge in [-0.25, -0.2) is 4.79 Å². The fraction of sp³-hybridized carbons (Fsp3) is 0.609. The SMILES string of the molecule is C/C(=C\CCC1(C)CCc2cc(O[Si](C)(C)C(C)(C)C)cc(C)c2O1)C(=O)O. The molecular weight excluding hydrogens is 368 g/mol. The normalized spacial score (nSPS) is 20.4. The van der Waals surface area contributed by atoms with E-state index in [-0.39, 0.29) is 10.6 Å². The molecule has 2 rings (SSSR count). The van der Waals surface area contributed by atoms with Crippen molar-refractivity contribution in [3.05, 3.63) is 34.9 Å². The van der Waals surface area contributed by atoms with Crippen molar-refractivity contribution >= 4 is 14.3 Å². The van der Waals surface area contributed by atoms with Crippen molar-refractivity contribution in [1.29, 1.82) is 0 Å². The van der Waals surface area contributed by atoms with Gasteiger partial charge in [0.1, 0.15) is 17.1 Å². The molecule has 0 fully saturated rings. The molecule has 0 saturated heterocycles. The maximum Gasteiger partial charge on any atom is 0.330 e. The second-order valence-electron chi connectivity index (χ2n) is 9.87. The first-order valence-corrected chi connectivity index (χ1v) is 13.1. The van der Waals surface area contributed by atoms with E-state index in [4.69, 9.17) is 14.3 Å². The molecule has 28 heavy (non-hydrogen) atoms. The van der Waals surface area contributed by atoms with Crippen molar-refractivity contribution in [3.63, 3.8) is 0 Å². The lowest BCUT2D eigenvalue weighted by Gasteiger charge is -2.39. The number of carbonyl (C=O) groups is 1. The van der Waals surface area contributed by atoms with Gasteiger partial charge in [0, 0.05) is 5.57 Å². The van der Waals surface area contributed by atoms with Crippen molar-refractivity contribution in [2.75, 3.05) is 0 Å². The van der Waals surface area contributed by atoms with Crippen LogP contribution in [0.25, 0.3) is 0 Å². The number of carboxylic acids is 1. The lowest BCUT2D eigenvalue weighted by Crippen LogP contribution is -2.44. The number of aliphatic carboxylic acids is 1. The van der Waals surface area contributed by atoms with E-state index in [1.165, 1.54) is 5.56 Å². The highest BCUT2D eigenvalue weighted by Gasteiger charge is 2.39. The Hall–Kier alpha value is -1.75. The second-order valence-corrected chi connectivity index (χ2v) is 14.6. The first-order valence-electron chi connectivity index (χ1n) is 10.2. The summed E-state index contributed by atoms with van der Waals surface area (Å²) in [6.07, 6.45) is 5.16. The van der Waals surface area contributed by atoms with Gasteiger partial charge in [0.2, 0.25) is 8.32 Å². The van der Waals surface area contributed by atoms with Gasteiger partial charge < -0.3 is 14.3 Å². The number of rotatable bonds is 6. The largest absolute Gasteiger partial charge is 0.543 e. The van der Waals surface area contributed by atoms with Gasteiger partial charge in [0.15, 0.2) is 0 Å². The van der Waals surface area contributed by atoms with Crippen LogP contribution in [0.1, 0.15) is 65.0 Å². The minimum Gasteiger partial charge on any atom is -0.543 e. The molecule has 5 heteroatoms. The number of hydrogen-bond donors (Lipinski definition) is 1. The summed E-state index contributed by atoms with van der Waals surface area (Å²) in [6, 6.07) is 4.25. The maximum absolute atomic E-state index is 11.0. The number of benzene rings is 1. The van der Waals surface area contributed by atoms with Crippen molar-refractivity contribution in [2.24, 2.45) is 0 Å². The van der Waals surface area contributed by atoms with Crippen LogP contribution in [0.2, 0.25) is 18.1 Å². The summed E-state index contributed by atoms with van der Waals surface area (Å²) in [7, 11) is -1.88. The van der Waals surface area contributed by atoms with Gasteiger partial charge in [-0.05, 0) is 87.8 Å². The Kier molecular flexibility index (Phi) is 6.39. The van der Waals surface area contributed by atoms with Gasteiger partial charge in [-0.1, -0.05) is 26.8 Å². The van der Waals surface area contributed by atoms with Gasteiger partial charge in [0.25, 0.3) is 0 Å². The molecule has 1 aromatic carbocycles. The first-order chi connectivity index (χ1) is 12.7. The Labute approximate surface area is 171 Å². The molecule has 1 N–H and O–H groups in total. The fourth-order valence-electron chi connectivity index (χ4n) is 3.20. The lowest BCUT2D eigenvalue weighted by atomic mass is 9.87. The van der Waals surface area contributed by atoms with E-state index in [9.17, 15) is 4.79 Å². The van der Waals surface area contributed by atoms with Crippen LogP contribution in [0, 0.1) is 6.92 Å². The van der Waals surface area contributed by atoms with Crippen molar-refractivity contribution in [2.45, 2.75) is 91.0 Å². The van der Waals surface area contributed by atoms with E-state index >= 15 is 0 Å². The lowest BCUT2D eigenvalue weighted by molar-refractivity contribution is -0.132. The standard InChI is InChI=1S/C23H36O4Si/c1-16(21(24)25)10-9-12-23(6)13-11-18-15-19(14-17(2)20(18)26-23)27-28(7,8)22(3,4)5/h10,14-15H,9,11-13H2,1-8H3,(H,24,25)/b16-10+. The molecule has 1 aromatic rings. The molecule has 0 spiro atoms. The Morgan fingerprint density at radius 1 is 1.36 bits per heavy atom. The smallest absolute Gasteiger partial charge is 0.330 e. The summed E-state index contributed by atoms with van der Waals surface area (Å²) >= 11 is 0. The average Bonchev–Trinajstić information content (AvgIpc) is 2.54. The number of carboxylic acid groups (broad SMARTS) is 1. The molecule has 156 valence electrons. The number of aryl methyl sites for hydroxylation is 2. The molecule has 0 radical (unpaired) electrons. The minimum atomic E-state index is -1.88. The van der Waals surface area contributed by atoms with Crippen molar-refractivity contribution in [3.8, 4) is 11.5 Å². The third-order valence-corrected chi connectivity index (χ3v) is 10.6. The zero-order chi connectivity index (χ0) is 21.3. The predicted octanol–water partition coefficient (Wildman–Crippen LogP) is 6.27. The molecule has 1 atom stereocenters. The maximum atomic E-state index is 11.0. The molecule has 1 heterocycles. The van der Waals surface area contributed by atoms with Crippen LogP contribution in [-0.4, -0.2) is 25.0 Å². The van der Waals surface area contributed by atoms with Gasteiger partial charge in [-0.15, -0.1) is 0 Å². The van der Waals surface area contributed by atoms with Gasteiger partial charge in [-0.3, -0.25) is 0 Å². The summed E-state index contributed by atoms with van der Waals surface area (Å²) in [6.45, 7) is 17.1. The third-order valence-electron chi connectivity index (χ3n) is 6.24. The molecule has 0 bridgehead atoms. The molecule has 0 saturated carbocycles. The van der Waals surface area contributed by atoms with Gasteiger partial charge >= 0.3 is 5.97 Å². The number of allylic oxidation sites excluding steroid dienone is 1. The average molecular weight is 405 g/mol. The van der Waals surface area contributed by atoms with Crippen LogP contribution in [0.5, 0.6) is 11.5 Å². The van der Waals surface area contributed by atoms with Crippen LogP contribution < -0.4 is 9.16 Å². The molecule has 1 aliphatic heterocycles. The highest BCUT2D eigenvalue weighted by Crippen LogP contribution is 2.42. The molecule has 0 aromatic heterocycles. The van der Waals surface area contributed by atoms with Crippen LogP contribution in [-0.2, 0) is 11.2 Å². The Balaban J connectivity index is 2.16. The summed E-state index contributed by atoms with van der Waals surface area (Å²) in [4.78, 5) is 11.0. The van der Waals surface area contributed by atoms with E-state index in [0.29, 0.717) is 12.0 Å². The van der Waals surface area contributed by atoms with Gasteiger partial charge in [-0.2, -0.15) is 0 Å². The molecule has 0 amide bonds. The molecular formula is C23H36O4Si. The zero-order valence-corrected chi connectivity index (χ0v) is 19.7. The topological polar surface area (TPSA) is 55.8 Å². The van der Waals surface area contributed by atoms with E-state index in [2.05, 4.69) is 59.8 Å². The quantitative estimate of drug-likeness (QED) is 0.448. The third kappa shape index (κ3) is 5.19. The summed E-state index contributed by atoms with van der Waals surface area (Å²) < 4.78 is 12.9. The molecule has 4 nitrogen and oxygen atoms in total. The Morgan fingerprint density at radius 3 is 2.57 bits per heavy atom. The zero-order valence-electron chi connectivity index (χ0n) is 18.7. The summed E-state index contributed by atoms with van der Waals surface area (Å²) in [5.41, 5.74) is 2.44. The van der Waals surface area contributed by atoms with Crippen molar-refractivity contribution in [1.82, 2.24) is 0 Å². The summed E-state index contributed by atoms with van der Waals surface area (Å²) in [5.74, 6) is 1.07.